The first-order valence-electron chi connectivity index (χ1n) is 7.74. The van der Waals surface area contributed by atoms with E-state index in [-0.39, 0.29) is 23.4 Å². The van der Waals surface area contributed by atoms with Crippen molar-refractivity contribution in [2.24, 2.45) is 0 Å². The number of hydrogen-bond donors (Lipinski definition) is 2. The highest BCUT2D eigenvalue weighted by molar-refractivity contribution is 5.93. The average molecular weight is 354 g/mol. The summed E-state index contributed by atoms with van der Waals surface area (Å²) in [7, 11) is 0. The molecule has 0 unspecified atom stereocenters. The number of anilines is 2. The number of rotatable bonds is 4. The Morgan fingerprint density at radius 1 is 1.12 bits per heavy atom. The number of aromatic nitrogens is 2. The average Bonchev–Trinajstić information content (AvgIpc) is 2.57. The molecule has 8 heteroatoms. The Morgan fingerprint density at radius 2 is 1.85 bits per heavy atom. The van der Waals surface area contributed by atoms with Crippen LogP contribution in [0.3, 0.4) is 0 Å². The van der Waals surface area contributed by atoms with Crippen LogP contribution in [-0.4, -0.2) is 21.4 Å². The van der Waals surface area contributed by atoms with Gasteiger partial charge in [0.2, 0.25) is 11.8 Å². The van der Waals surface area contributed by atoms with E-state index in [1.54, 1.807) is 24.3 Å². The zero-order chi connectivity index (χ0) is 18.7. The van der Waals surface area contributed by atoms with E-state index in [2.05, 4.69) is 15.6 Å². The molecule has 0 aliphatic rings. The lowest BCUT2D eigenvalue weighted by Crippen LogP contribution is -2.28. The number of carbonyl (C=O) groups excluding carboxylic acids is 2. The van der Waals surface area contributed by atoms with Gasteiger partial charge in [0.05, 0.1) is 17.2 Å². The van der Waals surface area contributed by atoms with Gasteiger partial charge in [-0.25, -0.2) is 9.37 Å². The Balaban J connectivity index is 1.77. The molecule has 0 saturated heterocycles. The van der Waals surface area contributed by atoms with Crippen molar-refractivity contribution < 1.29 is 14.0 Å². The predicted molar refractivity (Wildman–Crippen MR) is 95.3 cm³/mol. The summed E-state index contributed by atoms with van der Waals surface area (Å²) < 4.78 is 14.3. The molecule has 0 radical (unpaired) electrons. The van der Waals surface area contributed by atoms with Gasteiger partial charge in [0.25, 0.3) is 5.56 Å². The minimum Gasteiger partial charge on any atom is -0.326 e. The topological polar surface area (TPSA) is 93.1 Å². The molecule has 26 heavy (non-hydrogen) atoms. The summed E-state index contributed by atoms with van der Waals surface area (Å²) in [5.74, 6) is -1.15. The highest BCUT2D eigenvalue weighted by Crippen LogP contribution is 2.15. The molecule has 0 bridgehead atoms. The van der Waals surface area contributed by atoms with Gasteiger partial charge in [0.1, 0.15) is 12.4 Å². The quantitative estimate of drug-likeness (QED) is 0.751. The maximum Gasteiger partial charge on any atom is 0.261 e. The fourth-order valence-electron chi connectivity index (χ4n) is 2.48. The molecule has 2 N–H and O–H groups in total. The fourth-order valence-corrected chi connectivity index (χ4v) is 2.48. The lowest BCUT2D eigenvalue weighted by Gasteiger charge is -2.09. The number of amides is 2. The maximum absolute atomic E-state index is 13.2. The van der Waals surface area contributed by atoms with E-state index in [0.29, 0.717) is 11.4 Å². The first-order chi connectivity index (χ1) is 12.4. The molecule has 3 aromatic rings. The third kappa shape index (κ3) is 3.92. The van der Waals surface area contributed by atoms with Crippen LogP contribution in [-0.2, 0) is 16.1 Å². The SMILES string of the molecule is CC(=O)Nc1cccc(NC(=O)Cn2cnc3cc(F)ccc3c2=O)c1. The van der Waals surface area contributed by atoms with E-state index >= 15 is 0 Å². The standard InChI is InChI=1S/C18H15FN4O3/c1-11(24)21-13-3-2-4-14(8-13)22-17(25)9-23-10-20-16-7-12(19)5-6-15(16)18(23)26/h2-8,10H,9H2,1H3,(H,21,24)(H,22,25). The van der Waals surface area contributed by atoms with Crippen LogP contribution < -0.4 is 16.2 Å². The monoisotopic (exact) mass is 354 g/mol. The van der Waals surface area contributed by atoms with Crippen molar-refractivity contribution in [3.05, 3.63) is 65.0 Å². The van der Waals surface area contributed by atoms with Gasteiger partial charge in [-0.3, -0.25) is 19.0 Å². The maximum atomic E-state index is 13.2. The Hall–Kier alpha value is -3.55. The molecule has 132 valence electrons. The number of fused-ring (bicyclic) bond motifs is 1. The second kappa shape index (κ2) is 7.14. The van der Waals surface area contributed by atoms with E-state index in [9.17, 15) is 18.8 Å². The van der Waals surface area contributed by atoms with Gasteiger partial charge >= 0.3 is 0 Å². The number of carbonyl (C=O) groups is 2. The van der Waals surface area contributed by atoms with Crippen LogP contribution in [0.1, 0.15) is 6.92 Å². The summed E-state index contributed by atoms with van der Waals surface area (Å²) in [6.07, 6.45) is 1.21. The number of nitrogens with one attached hydrogen (secondary N) is 2. The summed E-state index contributed by atoms with van der Waals surface area (Å²) >= 11 is 0. The fraction of sp³-hybridized carbons (Fsp3) is 0.111. The second-order valence-electron chi connectivity index (χ2n) is 5.65. The van der Waals surface area contributed by atoms with Crippen LogP contribution in [0.5, 0.6) is 0 Å². The summed E-state index contributed by atoms with van der Waals surface area (Å²) in [5, 5.41) is 5.50. The lowest BCUT2D eigenvalue weighted by atomic mass is 10.2. The van der Waals surface area contributed by atoms with Gasteiger partial charge in [0, 0.05) is 24.4 Å². The largest absolute Gasteiger partial charge is 0.326 e. The summed E-state index contributed by atoms with van der Waals surface area (Å²) in [6.45, 7) is 1.14. The lowest BCUT2D eigenvalue weighted by molar-refractivity contribution is -0.117. The predicted octanol–water partition coefficient (Wildman–Crippen LogP) is 2.13. The first-order valence-corrected chi connectivity index (χ1v) is 7.74. The molecule has 1 aromatic heterocycles. The first kappa shape index (κ1) is 17.3. The van der Waals surface area contributed by atoms with Gasteiger partial charge in [0.15, 0.2) is 0 Å². The molecule has 0 aliphatic carbocycles. The van der Waals surface area contributed by atoms with Crippen molar-refractivity contribution in [2.75, 3.05) is 10.6 Å². The van der Waals surface area contributed by atoms with Crippen molar-refractivity contribution in [1.29, 1.82) is 0 Å². The van der Waals surface area contributed by atoms with E-state index in [0.717, 1.165) is 10.6 Å². The number of hydrogen-bond acceptors (Lipinski definition) is 4. The Labute approximate surface area is 147 Å². The molecular formula is C18H15FN4O3. The van der Waals surface area contributed by atoms with Crippen molar-refractivity contribution in [2.45, 2.75) is 13.5 Å². The molecule has 3 rings (SSSR count). The van der Waals surface area contributed by atoms with E-state index in [1.807, 2.05) is 0 Å². The number of nitrogens with zero attached hydrogens (tertiary/aromatic N) is 2. The molecule has 2 aromatic carbocycles. The highest BCUT2D eigenvalue weighted by Gasteiger charge is 2.09. The van der Waals surface area contributed by atoms with E-state index in [4.69, 9.17) is 0 Å². The van der Waals surface area contributed by atoms with Crippen molar-refractivity contribution in [3.8, 4) is 0 Å². The minimum atomic E-state index is -0.487. The highest BCUT2D eigenvalue weighted by atomic mass is 19.1. The number of halogens is 1. The summed E-state index contributed by atoms with van der Waals surface area (Å²) in [6, 6.07) is 10.3. The van der Waals surface area contributed by atoms with Gasteiger partial charge in [-0.05, 0) is 30.3 Å². The molecule has 0 saturated carbocycles. The van der Waals surface area contributed by atoms with Crippen LogP contribution >= 0.6 is 0 Å². The van der Waals surface area contributed by atoms with Crippen molar-refractivity contribution in [3.63, 3.8) is 0 Å². The second-order valence-corrected chi connectivity index (χ2v) is 5.65. The molecule has 2 amide bonds. The molecule has 0 aliphatic heterocycles. The smallest absolute Gasteiger partial charge is 0.261 e. The molecule has 0 fully saturated rings. The van der Waals surface area contributed by atoms with Crippen LogP contribution in [0.4, 0.5) is 15.8 Å². The van der Waals surface area contributed by atoms with Crippen molar-refractivity contribution in [1.82, 2.24) is 9.55 Å². The minimum absolute atomic E-state index is 0.223. The van der Waals surface area contributed by atoms with Gasteiger partial charge < -0.3 is 10.6 Å². The van der Waals surface area contributed by atoms with E-state index < -0.39 is 17.3 Å². The molecule has 1 heterocycles. The van der Waals surface area contributed by atoms with Gasteiger partial charge in [-0.2, -0.15) is 0 Å². The molecule has 7 nitrogen and oxygen atoms in total. The van der Waals surface area contributed by atoms with Crippen LogP contribution in [0.15, 0.2) is 53.6 Å². The summed E-state index contributed by atoms with van der Waals surface area (Å²) in [4.78, 5) is 39.7. The van der Waals surface area contributed by atoms with E-state index in [1.165, 1.54) is 25.4 Å². The third-order valence-corrected chi connectivity index (χ3v) is 3.57. The third-order valence-electron chi connectivity index (χ3n) is 3.57. The summed E-state index contributed by atoms with van der Waals surface area (Å²) in [5.41, 5.74) is 0.818. The van der Waals surface area contributed by atoms with Crippen LogP contribution in [0.2, 0.25) is 0 Å². The Kier molecular flexibility index (Phi) is 4.74. The Morgan fingerprint density at radius 3 is 2.58 bits per heavy atom. The van der Waals surface area contributed by atoms with Gasteiger partial charge in [-0.15, -0.1) is 0 Å². The Bertz CT molecular complexity index is 1060. The normalized spacial score (nSPS) is 10.5. The van der Waals surface area contributed by atoms with Gasteiger partial charge in [-0.1, -0.05) is 6.07 Å². The zero-order valence-electron chi connectivity index (χ0n) is 13.8. The molecule has 0 atom stereocenters. The van der Waals surface area contributed by atoms with Crippen molar-refractivity contribution >= 4 is 34.1 Å². The molecule has 0 spiro atoms. The number of benzene rings is 2. The van der Waals surface area contributed by atoms with Crippen LogP contribution in [0.25, 0.3) is 10.9 Å². The zero-order valence-corrected chi connectivity index (χ0v) is 13.8. The van der Waals surface area contributed by atoms with Crippen LogP contribution in [0, 0.1) is 5.82 Å². The molecular weight excluding hydrogens is 339 g/mol.